The zero-order chi connectivity index (χ0) is 26.0. The van der Waals surface area contributed by atoms with Gasteiger partial charge in [0.2, 0.25) is 5.91 Å². The number of hydrogen-bond acceptors (Lipinski definition) is 5. The van der Waals surface area contributed by atoms with Crippen LogP contribution in [0.2, 0.25) is 0 Å². The number of carbonyl (C=O) groups is 2. The lowest BCUT2D eigenvalue weighted by Crippen LogP contribution is -2.25. The Labute approximate surface area is 209 Å². The van der Waals surface area contributed by atoms with Crippen molar-refractivity contribution in [1.82, 2.24) is 14.3 Å². The molecule has 0 spiro atoms. The van der Waals surface area contributed by atoms with E-state index in [9.17, 15) is 14.4 Å². The summed E-state index contributed by atoms with van der Waals surface area (Å²) in [4.78, 5) is 38.0. The van der Waals surface area contributed by atoms with Crippen LogP contribution in [0.15, 0.2) is 53.3 Å². The highest BCUT2D eigenvalue weighted by Crippen LogP contribution is 2.26. The molecule has 0 saturated heterocycles. The van der Waals surface area contributed by atoms with Crippen LogP contribution in [0, 0.1) is 20.8 Å². The Balaban J connectivity index is 1.59. The lowest BCUT2D eigenvalue weighted by atomic mass is 10.0. The summed E-state index contributed by atoms with van der Waals surface area (Å²) < 4.78 is 8.42. The lowest BCUT2D eigenvalue weighted by molar-refractivity contribution is -0.116. The molecule has 0 aliphatic carbocycles. The highest BCUT2D eigenvalue weighted by atomic mass is 16.5. The standard InChI is InChI=1S/C28H30N4O4/c1-6-36-28(35)20-8-7-9-21(16-20)29-24(33)15-14-23-18(3)25-19(4)30-32(26(25)31(5)27(23)34)22-12-10-17(2)11-13-22/h7-13,16H,6,14-15H2,1-5H3,(H,29,33). The monoisotopic (exact) mass is 486 g/mol. The first-order valence-electron chi connectivity index (χ1n) is 11.9. The fraction of sp³-hybridized carbons (Fsp3) is 0.286. The minimum absolute atomic E-state index is 0.121. The lowest BCUT2D eigenvalue weighted by Gasteiger charge is -2.13. The van der Waals surface area contributed by atoms with Gasteiger partial charge in [0.15, 0.2) is 0 Å². The minimum Gasteiger partial charge on any atom is -0.462 e. The summed E-state index contributed by atoms with van der Waals surface area (Å²) in [5.41, 5.74) is 5.71. The molecule has 0 saturated carbocycles. The first kappa shape index (κ1) is 24.9. The van der Waals surface area contributed by atoms with Crippen molar-refractivity contribution < 1.29 is 14.3 Å². The molecule has 4 rings (SSSR count). The predicted octanol–water partition coefficient (Wildman–Crippen LogP) is 4.40. The van der Waals surface area contributed by atoms with E-state index >= 15 is 0 Å². The van der Waals surface area contributed by atoms with Gasteiger partial charge < -0.3 is 10.1 Å². The van der Waals surface area contributed by atoms with Gasteiger partial charge in [-0.05, 0) is 70.0 Å². The van der Waals surface area contributed by atoms with Gasteiger partial charge in [-0.1, -0.05) is 23.8 Å². The number of nitrogens with one attached hydrogen (secondary N) is 1. The third-order valence-corrected chi connectivity index (χ3v) is 6.28. The molecule has 4 aromatic rings. The van der Waals surface area contributed by atoms with E-state index in [1.54, 1.807) is 47.5 Å². The molecule has 0 unspecified atom stereocenters. The fourth-order valence-corrected chi connectivity index (χ4v) is 4.43. The van der Waals surface area contributed by atoms with E-state index < -0.39 is 5.97 Å². The molecular formula is C28H30N4O4. The maximum atomic E-state index is 13.3. The van der Waals surface area contributed by atoms with Crippen molar-refractivity contribution in [3.05, 3.63) is 86.8 Å². The average Bonchev–Trinajstić information content (AvgIpc) is 3.20. The van der Waals surface area contributed by atoms with E-state index in [1.807, 2.05) is 45.0 Å². The van der Waals surface area contributed by atoms with Crippen molar-refractivity contribution >= 4 is 28.6 Å². The Kier molecular flexibility index (Phi) is 7.05. The maximum absolute atomic E-state index is 13.3. The summed E-state index contributed by atoms with van der Waals surface area (Å²) in [7, 11) is 1.74. The number of pyridine rings is 1. The molecule has 1 N–H and O–H groups in total. The van der Waals surface area contributed by atoms with Gasteiger partial charge in [-0.2, -0.15) is 5.10 Å². The summed E-state index contributed by atoms with van der Waals surface area (Å²) in [5, 5.41) is 8.44. The van der Waals surface area contributed by atoms with E-state index in [2.05, 4.69) is 5.32 Å². The molecule has 2 aromatic carbocycles. The molecule has 186 valence electrons. The summed E-state index contributed by atoms with van der Waals surface area (Å²) in [5.74, 6) is -0.688. The second-order valence-electron chi connectivity index (χ2n) is 8.85. The van der Waals surface area contributed by atoms with Gasteiger partial charge in [0.25, 0.3) is 5.56 Å². The quantitative estimate of drug-likeness (QED) is 0.391. The SMILES string of the molecule is CCOC(=O)c1cccc(NC(=O)CCc2c(C)c3c(C)nn(-c4ccc(C)cc4)c3n(C)c2=O)c1. The van der Waals surface area contributed by atoms with Crippen LogP contribution in [-0.4, -0.2) is 32.8 Å². The molecular weight excluding hydrogens is 456 g/mol. The first-order valence-corrected chi connectivity index (χ1v) is 11.9. The normalized spacial score (nSPS) is 11.0. The van der Waals surface area contributed by atoms with Crippen molar-refractivity contribution in [1.29, 1.82) is 0 Å². The molecule has 0 fully saturated rings. The Morgan fingerprint density at radius 1 is 1.06 bits per heavy atom. The topological polar surface area (TPSA) is 95.2 Å². The van der Waals surface area contributed by atoms with Gasteiger partial charge in [0.1, 0.15) is 5.65 Å². The van der Waals surface area contributed by atoms with E-state index in [0.717, 1.165) is 33.5 Å². The van der Waals surface area contributed by atoms with Gasteiger partial charge >= 0.3 is 5.97 Å². The second kappa shape index (κ2) is 10.2. The van der Waals surface area contributed by atoms with E-state index in [-0.39, 0.29) is 30.9 Å². The minimum atomic E-state index is -0.442. The highest BCUT2D eigenvalue weighted by molar-refractivity contribution is 5.94. The number of nitrogens with zero attached hydrogens (tertiary/aromatic N) is 3. The van der Waals surface area contributed by atoms with Crippen LogP contribution < -0.4 is 10.9 Å². The molecule has 0 bridgehead atoms. The third kappa shape index (κ3) is 4.79. The van der Waals surface area contributed by atoms with Crippen LogP contribution in [0.3, 0.4) is 0 Å². The largest absolute Gasteiger partial charge is 0.462 e. The molecule has 1 amide bonds. The smallest absolute Gasteiger partial charge is 0.338 e. The molecule has 2 heterocycles. The predicted molar refractivity (Wildman–Crippen MR) is 140 cm³/mol. The number of ether oxygens (including phenoxy) is 1. The molecule has 0 atom stereocenters. The number of fused-ring (bicyclic) bond motifs is 1. The van der Waals surface area contributed by atoms with Crippen LogP contribution in [0.5, 0.6) is 0 Å². The summed E-state index contributed by atoms with van der Waals surface area (Å²) in [6.45, 7) is 7.88. The Morgan fingerprint density at radius 2 is 1.78 bits per heavy atom. The summed E-state index contributed by atoms with van der Waals surface area (Å²) in [6.07, 6.45) is 0.406. The van der Waals surface area contributed by atoms with Crippen LogP contribution in [-0.2, 0) is 23.0 Å². The number of rotatable bonds is 7. The van der Waals surface area contributed by atoms with Crippen molar-refractivity contribution in [3.63, 3.8) is 0 Å². The Hall–Kier alpha value is -4.20. The van der Waals surface area contributed by atoms with E-state index in [4.69, 9.17) is 9.84 Å². The maximum Gasteiger partial charge on any atom is 0.338 e. The third-order valence-electron chi connectivity index (χ3n) is 6.28. The summed E-state index contributed by atoms with van der Waals surface area (Å²) >= 11 is 0. The number of aromatic nitrogens is 3. The molecule has 8 heteroatoms. The van der Waals surface area contributed by atoms with Crippen molar-refractivity contribution in [2.75, 3.05) is 11.9 Å². The molecule has 8 nitrogen and oxygen atoms in total. The number of benzene rings is 2. The number of hydrogen-bond donors (Lipinski definition) is 1. The van der Waals surface area contributed by atoms with E-state index in [0.29, 0.717) is 16.8 Å². The fourth-order valence-electron chi connectivity index (χ4n) is 4.43. The van der Waals surface area contributed by atoms with Gasteiger partial charge in [0, 0.05) is 30.1 Å². The van der Waals surface area contributed by atoms with Gasteiger partial charge in [0.05, 0.1) is 23.6 Å². The van der Waals surface area contributed by atoms with Gasteiger partial charge in [-0.25, -0.2) is 9.48 Å². The summed E-state index contributed by atoms with van der Waals surface area (Å²) in [6, 6.07) is 14.6. The van der Waals surface area contributed by atoms with E-state index in [1.165, 1.54) is 0 Å². The highest BCUT2D eigenvalue weighted by Gasteiger charge is 2.20. The molecule has 0 aliphatic rings. The number of amides is 1. The number of aryl methyl sites for hydroxylation is 4. The van der Waals surface area contributed by atoms with Crippen LogP contribution in [0.1, 0.15) is 46.1 Å². The zero-order valence-electron chi connectivity index (χ0n) is 21.2. The molecule has 0 aliphatic heterocycles. The van der Waals surface area contributed by atoms with Crippen LogP contribution in [0.25, 0.3) is 16.7 Å². The van der Waals surface area contributed by atoms with Crippen molar-refractivity contribution in [2.45, 2.75) is 40.5 Å². The van der Waals surface area contributed by atoms with Crippen LogP contribution in [0.4, 0.5) is 5.69 Å². The van der Waals surface area contributed by atoms with Gasteiger partial charge in [-0.15, -0.1) is 0 Å². The van der Waals surface area contributed by atoms with Gasteiger partial charge in [-0.3, -0.25) is 14.2 Å². The molecule has 2 aromatic heterocycles. The number of anilines is 1. The van der Waals surface area contributed by atoms with Crippen LogP contribution >= 0.6 is 0 Å². The molecule has 0 radical (unpaired) electrons. The number of carbonyl (C=O) groups excluding carboxylic acids is 2. The Bertz CT molecular complexity index is 1510. The first-order chi connectivity index (χ1) is 17.2. The molecule has 36 heavy (non-hydrogen) atoms. The van der Waals surface area contributed by atoms with Crippen molar-refractivity contribution in [3.8, 4) is 5.69 Å². The zero-order valence-corrected chi connectivity index (χ0v) is 21.2. The number of esters is 1. The average molecular weight is 487 g/mol. The second-order valence-corrected chi connectivity index (χ2v) is 8.85. The Morgan fingerprint density at radius 3 is 2.47 bits per heavy atom. The van der Waals surface area contributed by atoms with Crippen molar-refractivity contribution in [2.24, 2.45) is 7.05 Å².